The molecule has 1 N–H and O–H groups in total. The molecule has 0 radical (unpaired) electrons. The summed E-state index contributed by atoms with van der Waals surface area (Å²) in [6, 6.07) is 8.14. The van der Waals surface area contributed by atoms with Crippen LogP contribution in [0, 0.1) is 6.92 Å². The number of nitrogens with one attached hydrogen (secondary N) is 1. The lowest BCUT2D eigenvalue weighted by atomic mass is 9.89. The normalized spacial score (nSPS) is 11.6. The zero-order valence-electron chi connectivity index (χ0n) is 15.6. The van der Waals surface area contributed by atoms with Gasteiger partial charge in [-0.25, -0.2) is 4.68 Å². The second kappa shape index (κ2) is 7.18. The van der Waals surface area contributed by atoms with Crippen LogP contribution < -0.4 is 5.32 Å². The number of amides is 1. The quantitative estimate of drug-likeness (QED) is 0.918. The van der Waals surface area contributed by atoms with Crippen molar-refractivity contribution in [1.82, 2.24) is 20.0 Å². The molecule has 0 aliphatic rings. The number of aryl methyl sites for hydroxylation is 1. The molecule has 1 aromatic heterocycles. The summed E-state index contributed by atoms with van der Waals surface area (Å²) in [5, 5.41) is 7.79. The van der Waals surface area contributed by atoms with E-state index in [-0.39, 0.29) is 11.3 Å². The van der Waals surface area contributed by atoms with Crippen LogP contribution in [0.3, 0.4) is 0 Å². The minimum Gasteiger partial charge on any atom is -0.340 e. The molecule has 0 saturated heterocycles. The molecule has 0 bridgehead atoms. The fraction of sp³-hybridized carbons (Fsp3) is 0.474. The van der Waals surface area contributed by atoms with E-state index in [2.05, 4.69) is 33.0 Å². The van der Waals surface area contributed by atoms with Gasteiger partial charge in [0.2, 0.25) is 0 Å². The molecule has 1 heterocycles. The molecular weight excluding hydrogens is 300 g/mol. The van der Waals surface area contributed by atoms with Gasteiger partial charge in [-0.3, -0.25) is 4.79 Å². The maximum absolute atomic E-state index is 12.9. The van der Waals surface area contributed by atoms with Crippen molar-refractivity contribution in [3.05, 3.63) is 47.3 Å². The van der Waals surface area contributed by atoms with Crippen LogP contribution in [0.1, 0.15) is 42.4 Å². The molecule has 24 heavy (non-hydrogen) atoms. The number of benzene rings is 1. The van der Waals surface area contributed by atoms with Crippen LogP contribution in [0.15, 0.2) is 30.5 Å². The van der Waals surface area contributed by atoms with Crippen LogP contribution in [0.2, 0.25) is 0 Å². The van der Waals surface area contributed by atoms with Gasteiger partial charge in [-0.05, 0) is 26.1 Å². The van der Waals surface area contributed by atoms with E-state index >= 15 is 0 Å². The van der Waals surface area contributed by atoms with Crippen molar-refractivity contribution in [3.8, 4) is 5.69 Å². The maximum atomic E-state index is 12.9. The first-order valence-electron chi connectivity index (χ1n) is 8.31. The van der Waals surface area contributed by atoms with E-state index in [1.54, 1.807) is 9.58 Å². The fourth-order valence-corrected chi connectivity index (χ4v) is 2.50. The SMILES string of the molecule is CNCCN(C)C(=O)c1cn(-c2ccc(C)cc2)nc1C(C)(C)C. The van der Waals surface area contributed by atoms with Gasteiger partial charge in [-0.2, -0.15) is 5.10 Å². The first-order chi connectivity index (χ1) is 11.2. The van der Waals surface area contributed by atoms with Crippen molar-refractivity contribution in [1.29, 1.82) is 0 Å². The van der Waals surface area contributed by atoms with Crippen molar-refractivity contribution >= 4 is 5.91 Å². The molecule has 0 atom stereocenters. The zero-order valence-corrected chi connectivity index (χ0v) is 15.6. The average Bonchev–Trinajstić information content (AvgIpc) is 2.98. The van der Waals surface area contributed by atoms with Crippen molar-refractivity contribution < 1.29 is 4.79 Å². The first-order valence-corrected chi connectivity index (χ1v) is 8.31. The van der Waals surface area contributed by atoms with Crippen LogP contribution in [-0.4, -0.2) is 47.8 Å². The van der Waals surface area contributed by atoms with Gasteiger partial charge in [0, 0.05) is 31.7 Å². The van der Waals surface area contributed by atoms with E-state index < -0.39 is 0 Å². The van der Waals surface area contributed by atoms with Gasteiger partial charge in [0.25, 0.3) is 5.91 Å². The van der Waals surface area contributed by atoms with Gasteiger partial charge in [-0.1, -0.05) is 38.5 Å². The maximum Gasteiger partial charge on any atom is 0.257 e. The van der Waals surface area contributed by atoms with Gasteiger partial charge in [-0.15, -0.1) is 0 Å². The number of nitrogens with zero attached hydrogens (tertiary/aromatic N) is 3. The Morgan fingerprint density at radius 3 is 2.42 bits per heavy atom. The summed E-state index contributed by atoms with van der Waals surface area (Å²) in [4.78, 5) is 14.6. The van der Waals surface area contributed by atoms with Crippen molar-refractivity contribution in [2.45, 2.75) is 33.1 Å². The van der Waals surface area contributed by atoms with Crippen LogP contribution in [0.25, 0.3) is 5.69 Å². The molecule has 0 spiro atoms. The highest BCUT2D eigenvalue weighted by Gasteiger charge is 2.28. The van der Waals surface area contributed by atoms with Crippen LogP contribution in [0.4, 0.5) is 0 Å². The number of hydrogen-bond acceptors (Lipinski definition) is 3. The summed E-state index contributed by atoms with van der Waals surface area (Å²) in [7, 11) is 3.71. The smallest absolute Gasteiger partial charge is 0.257 e. The number of carbonyl (C=O) groups is 1. The molecule has 5 heteroatoms. The number of rotatable bonds is 5. The Morgan fingerprint density at radius 1 is 1.25 bits per heavy atom. The Kier molecular flexibility index (Phi) is 5.44. The van der Waals surface area contributed by atoms with Gasteiger partial charge >= 0.3 is 0 Å². The number of carbonyl (C=O) groups excluding carboxylic acids is 1. The molecule has 1 amide bonds. The highest BCUT2D eigenvalue weighted by atomic mass is 16.2. The van der Waals surface area contributed by atoms with Gasteiger partial charge < -0.3 is 10.2 Å². The molecule has 1 aromatic carbocycles. The number of hydrogen-bond donors (Lipinski definition) is 1. The lowest BCUT2D eigenvalue weighted by Gasteiger charge is -2.20. The molecule has 0 unspecified atom stereocenters. The second-order valence-electron chi connectivity index (χ2n) is 7.25. The minimum absolute atomic E-state index is 0.00790. The summed E-state index contributed by atoms with van der Waals surface area (Å²) in [6.45, 7) is 9.73. The number of aromatic nitrogens is 2. The Bertz CT molecular complexity index is 695. The molecule has 0 fully saturated rings. The van der Waals surface area contributed by atoms with Crippen LogP contribution in [0.5, 0.6) is 0 Å². The van der Waals surface area contributed by atoms with E-state index in [0.29, 0.717) is 12.1 Å². The lowest BCUT2D eigenvalue weighted by molar-refractivity contribution is 0.0794. The molecule has 5 nitrogen and oxygen atoms in total. The third-order valence-electron chi connectivity index (χ3n) is 4.00. The fourth-order valence-electron chi connectivity index (χ4n) is 2.50. The van der Waals surface area contributed by atoms with Crippen LogP contribution >= 0.6 is 0 Å². The Balaban J connectivity index is 2.42. The molecule has 2 aromatic rings. The molecule has 0 saturated carbocycles. The van der Waals surface area contributed by atoms with Gasteiger partial charge in [0.15, 0.2) is 0 Å². The number of likely N-dealkylation sites (N-methyl/N-ethyl adjacent to an activating group) is 2. The lowest BCUT2D eigenvalue weighted by Crippen LogP contribution is -2.34. The van der Waals surface area contributed by atoms with E-state index in [1.807, 2.05) is 44.6 Å². The van der Waals surface area contributed by atoms with Gasteiger partial charge in [0.05, 0.1) is 16.9 Å². The molecule has 2 rings (SSSR count). The van der Waals surface area contributed by atoms with Crippen molar-refractivity contribution in [3.63, 3.8) is 0 Å². The predicted molar refractivity (Wildman–Crippen MR) is 97.9 cm³/mol. The molecule has 130 valence electrons. The Labute approximate surface area is 144 Å². The van der Waals surface area contributed by atoms with Crippen LogP contribution in [-0.2, 0) is 5.41 Å². The summed E-state index contributed by atoms with van der Waals surface area (Å²) in [5.41, 5.74) is 3.45. The summed E-state index contributed by atoms with van der Waals surface area (Å²) in [6.07, 6.45) is 1.85. The highest BCUT2D eigenvalue weighted by Crippen LogP contribution is 2.26. The predicted octanol–water partition coefficient (Wildman–Crippen LogP) is 2.77. The van der Waals surface area contributed by atoms with Crippen molar-refractivity contribution in [2.24, 2.45) is 0 Å². The molecular formula is C19H28N4O. The first kappa shape index (κ1) is 18.2. The third-order valence-corrected chi connectivity index (χ3v) is 4.00. The largest absolute Gasteiger partial charge is 0.340 e. The second-order valence-corrected chi connectivity index (χ2v) is 7.25. The summed E-state index contributed by atoms with van der Waals surface area (Å²) < 4.78 is 1.80. The van der Waals surface area contributed by atoms with Crippen molar-refractivity contribution in [2.75, 3.05) is 27.2 Å². The summed E-state index contributed by atoms with van der Waals surface area (Å²) in [5.74, 6) is 0.00790. The standard InChI is InChI=1S/C19H28N4O/c1-14-7-9-15(10-8-14)23-13-16(17(21-23)19(2,3)4)18(24)22(6)12-11-20-5/h7-10,13,20H,11-12H2,1-6H3. The third kappa shape index (κ3) is 4.03. The highest BCUT2D eigenvalue weighted by molar-refractivity contribution is 5.95. The molecule has 0 aliphatic carbocycles. The average molecular weight is 328 g/mol. The zero-order chi connectivity index (χ0) is 17.9. The van der Waals surface area contributed by atoms with Gasteiger partial charge in [0.1, 0.15) is 0 Å². The summed E-state index contributed by atoms with van der Waals surface area (Å²) >= 11 is 0. The Hall–Kier alpha value is -2.14. The monoisotopic (exact) mass is 328 g/mol. The topological polar surface area (TPSA) is 50.2 Å². The molecule has 0 aliphatic heterocycles. The van der Waals surface area contributed by atoms with E-state index in [9.17, 15) is 4.79 Å². The van der Waals surface area contributed by atoms with E-state index in [0.717, 1.165) is 17.9 Å². The Morgan fingerprint density at radius 2 is 1.88 bits per heavy atom. The van der Waals surface area contributed by atoms with E-state index in [1.165, 1.54) is 5.56 Å². The van der Waals surface area contributed by atoms with E-state index in [4.69, 9.17) is 5.10 Å². The minimum atomic E-state index is -0.204.